The lowest BCUT2D eigenvalue weighted by Crippen LogP contribution is -2.60. The number of benzene rings is 1. The highest BCUT2D eigenvalue weighted by molar-refractivity contribution is 5.63. The number of hydrogen-bond acceptors (Lipinski definition) is 10. The minimum Gasteiger partial charge on any atom is -0.366 e. The summed E-state index contributed by atoms with van der Waals surface area (Å²) in [5.74, 6) is 0.854. The maximum absolute atomic E-state index is 13.2. The fourth-order valence-corrected chi connectivity index (χ4v) is 4.52. The molecule has 1 saturated heterocycles. The zero-order valence-electron chi connectivity index (χ0n) is 18.6. The Morgan fingerprint density at radius 1 is 1.19 bits per heavy atom. The second-order valence-electron chi connectivity index (χ2n) is 9.44. The Morgan fingerprint density at radius 2 is 1.94 bits per heavy atom. The highest BCUT2D eigenvalue weighted by atomic mass is 19.2. The minimum atomic E-state index is -0.0756. The number of hydrogen-bond donors (Lipinski definition) is 3. The van der Waals surface area contributed by atoms with Crippen molar-refractivity contribution in [3.63, 3.8) is 0 Å². The highest BCUT2D eigenvalue weighted by Crippen LogP contribution is 2.31. The first kappa shape index (κ1) is 21.7. The molecule has 3 N–H and O–H groups in total. The van der Waals surface area contributed by atoms with E-state index in [2.05, 4.69) is 70.1 Å². The molecule has 1 aromatic carbocycles. The summed E-state index contributed by atoms with van der Waals surface area (Å²) in [6.45, 7) is 8.63. The lowest BCUT2D eigenvalue weighted by atomic mass is 9.79. The molecule has 0 amide bonds. The van der Waals surface area contributed by atoms with Crippen LogP contribution in [-0.2, 0) is 0 Å². The van der Waals surface area contributed by atoms with Crippen LogP contribution in [0, 0.1) is 11.3 Å². The molecule has 10 nitrogen and oxygen atoms in total. The van der Waals surface area contributed by atoms with Crippen LogP contribution in [-0.4, -0.2) is 39.0 Å². The van der Waals surface area contributed by atoms with Gasteiger partial charge >= 0.3 is 0 Å². The Balaban J connectivity index is 1.53. The molecule has 11 heteroatoms. The van der Waals surface area contributed by atoms with Gasteiger partial charge in [0.1, 0.15) is 17.5 Å². The Kier molecular flexibility index (Phi) is 5.56. The molecule has 32 heavy (non-hydrogen) atoms. The van der Waals surface area contributed by atoms with Crippen LogP contribution in [0.3, 0.4) is 0 Å². The molecule has 0 bridgehead atoms. The molecule has 2 aliphatic rings. The van der Waals surface area contributed by atoms with Crippen molar-refractivity contribution in [2.24, 2.45) is 10.4 Å². The number of halogens is 1. The van der Waals surface area contributed by atoms with Crippen molar-refractivity contribution in [1.29, 1.82) is 5.26 Å². The van der Waals surface area contributed by atoms with E-state index >= 15 is 0 Å². The fourth-order valence-electron chi connectivity index (χ4n) is 4.52. The molecule has 0 radical (unpaired) electrons. The zero-order valence-corrected chi connectivity index (χ0v) is 18.6. The van der Waals surface area contributed by atoms with Gasteiger partial charge in [-0.1, -0.05) is 15.8 Å². The van der Waals surface area contributed by atoms with Crippen molar-refractivity contribution in [3.05, 3.63) is 36.0 Å². The van der Waals surface area contributed by atoms with Crippen LogP contribution in [0.5, 0.6) is 0 Å². The van der Waals surface area contributed by atoms with E-state index in [1.165, 1.54) is 11.2 Å². The standard InChI is InChI=1S/C21H27FN10/c1-20(2)9-16(10-21(3,4)28-20)25-18-14(11-23)12-24-19(27-18)26-15-6-5-7-17(8-15)31-13-32(22)30-29-31/h5-8,12,16,28H,9-10,13H2,1-4H3,(H2,24,25,26,27). The zero-order chi connectivity index (χ0) is 22.9. The summed E-state index contributed by atoms with van der Waals surface area (Å²) in [5.41, 5.74) is 1.69. The van der Waals surface area contributed by atoms with Crippen LogP contribution >= 0.6 is 0 Å². The van der Waals surface area contributed by atoms with Gasteiger partial charge in [0.25, 0.3) is 0 Å². The summed E-state index contributed by atoms with van der Waals surface area (Å²) < 4.78 is 13.2. The molecule has 0 spiro atoms. The second-order valence-corrected chi connectivity index (χ2v) is 9.44. The monoisotopic (exact) mass is 438 g/mol. The second kappa shape index (κ2) is 8.20. The maximum Gasteiger partial charge on any atom is 0.229 e. The number of nitrogens with zero attached hydrogens (tertiary/aromatic N) is 7. The average Bonchev–Trinajstić information content (AvgIpc) is 3.12. The van der Waals surface area contributed by atoms with E-state index in [-0.39, 0.29) is 29.0 Å². The van der Waals surface area contributed by atoms with E-state index in [0.29, 0.717) is 28.7 Å². The lowest BCUT2D eigenvalue weighted by molar-refractivity contribution is 0.0420. The van der Waals surface area contributed by atoms with Gasteiger partial charge in [-0.3, -0.25) is 0 Å². The number of aromatic nitrogens is 2. The van der Waals surface area contributed by atoms with E-state index in [1.54, 1.807) is 12.1 Å². The fraction of sp³-hybridized carbons (Fsp3) is 0.476. The van der Waals surface area contributed by atoms with Crippen molar-refractivity contribution in [2.75, 3.05) is 22.3 Å². The molecule has 2 aliphatic heterocycles. The van der Waals surface area contributed by atoms with Crippen LogP contribution in [0.2, 0.25) is 0 Å². The van der Waals surface area contributed by atoms with Crippen LogP contribution in [0.25, 0.3) is 0 Å². The van der Waals surface area contributed by atoms with Crippen LogP contribution in [0.1, 0.15) is 46.1 Å². The Labute approximate surface area is 186 Å². The van der Waals surface area contributed by atoms with Crippen molar-refractivity contribution in [3.8, 4) is 6.07 Å². The third-order valence-electron chi connectivity index (χ3n) is 5.34. The molecular formula is C21H27FN10. The molecule has 0 atom stereocenters. The van der Waals surface area contributed by atoms with Gasteiger partial charge in [0, 0.05) is 22.8 Å². The summed E-state index contributed by atoms with van der Waals surface area (Å²) >= 11 is 0. The number of anilines is 4. The average molecular weight is 439 g/mol. The third-order valence-corrected chi connectivity index (χ3v) is 5.34. The molecule has 2 aromatic rings. The van der Waals surface area contributed by atoms with Crippen LogP contribution in [0.15, 0.2) is 40.9 Å². The Morgan fingerprint density at radius 3 is 2.59 bits per heavy atom. The maximum atomic E-state index is 13.2. The predicted molar refractivity (Wildman–Crippen MR) is 120 cm³/mol. The van der Waals surface area contributed by atoms with E-state index in [4.69, 9.17) is 0 Å². The number of nitrogens with one attached hydrogen (secondary N) is 3. The van der Waals surface area contributed by atoms with E-state index < -0.39 is 0 Å². The smallest absolute Gasteiger partial charge is 0.229 e. The van der Waals surface area contributed by atoms with Gasteiger partial charge in [0.2, 0.25) is 5.95 Å². The van der Waals surface area contributed by atoms with Crippen molar-refractivity contribution in [1.82, 2.24) is 20.5 Å². The SMILES string of the molecule is CC1(C)CC(Nc2nc(Nc3cccc(N4CN(F)N=N4)c3)ncc2C#N)CC(C)(C)N1. The summed E-state index contributed by atoms with van der Waals surface area (Å²) in [4.78, 5) is 8.84. The number of piperidine rings is 1. The van der Waals surface area contributed by atoms with E-state index in [1.807, 2.05) is 12.1 Å². The topological polar surface area (TPSA) is 117 Å². The molecule has 0 unspecified atom stereocenters. The van der Waals surface area contributed by atoms with E-state index in [9.17, 15) is 9.74 Å². The van der Waals surface area contributed by atoms with Gasteiger partial charge in [-0.05, 0) is 69.2 Å². The summed E-state index contributed by atoms with van der Waals surface area (Å²) in [6, 6.07) is 9.58. The highest BCUT2D eigenvalue weighted by Gasteiger charge is 2.38. The normalized spacial score (nSPS) is 19.6. The van der Waals surface area contributed by atoms with Crippen LogP contribution in [0.4, 0.5) is 27.6 Å². The van der Waals surface area contributed by atoms with Gasteiger partial charge in [0.05, 0.1) is 11.9 Å². The molecule has 4 rings (SSSR count). The molecule has 1 fully saturated rings. The predicted octanol–water partition coefficient (Wildman–Crippen LogP) is 4.06. The van der Waals surface area contributed by atoms with Crippen molar-refractivity contribution < 1.29 is 4.48 Å². The molecule has 3 heterocycles. The summed E-state index contributed by atoms with van der Waals surface area (Å²) in [5, 5.41) is 28.6. The van der Waals surface area contributed by atoms with E-state index in [0.717, 1.165) is 12.8 Å². The molecule has 0 aliphatic carbocycles. The summed E-state index contributed by atoms with van der Waals surface area (Å²) in [7, 11) is 0. The van der Waals surface area contributed by atoms with Crippen molar-refractivity contribution in [2.45, 2.75) is 57.7 Å². The van der Waals surface area contributed by atoms with Crippen molar-refractivity contribution >= 4 is 23.1 Å². The third kappa shape index (κ3) is 5.03. The quantitative estimate of drug-likeness (QED) is 0.599. The lowest BCUT2D eigenvalue weighted by Gasteiger charge is -2.46. The molecule has 168 valence electrons. The first-order chi connectivity index (χ1) is 15.1. The molecule has 0 saturated carbocycles. The molecular weight excluding hydrogens is 411 g/mol. The Bertz CT molecular complexity index is 1040. The van der Waals surface area contributed by atoms with Gasteiger partial charge in [-0.2, -0.15) is 10.2 Å². The van der Waals surface area contributed by atoms with Gasteiger partial charge in [0.15, 0.2) is 6.67 Å². The minimum absolute atomic E-state index is 0.0388. The van der Waals surface area contributed by atoms with Gasteiger partial charge < -0.3 is 16.0 Å². The first-order valence-corrected chi connectivity index (χ1v) is 10.5. The van der Waals surface area contributed by atoms with Crippen LogP contribution < -0.4 is 21.0 Å². The first-order valence-electron chi connectivity index (χ1n) is 10.5. The van der Waals surface area contributed by atoms with Gasteiger partial charge in [-0.25, -0.2) is 9.99 Å². The van der Waals surface area contributed by atoms with Gasteiger partial charge in [-0.15, -0.1) is 0 Å². The number of rotatable bonds is 5. The summed E-state index contributed by atoms with van der Waals surface area (Å²) in [6.07, 6.45) is 3.30. The number of nitriles is 1. The Hall–Kier alpha value is -3.52. The largest absolute Gasteiger partial charge is 0.366 e. The molecule has 1 aromatic heterocycles.